The van der Waals surface area contributed by atoms with E-state index in [4.69, 9.17) is 4.74 Å². The van der Waals surface area contributed by atoms with Crippen LogP contribution in [0.3, 0.4) is 0 Å². The number of anilines is 1. The van der Waals surface area contributed by atoms with Crippen molar-refractivity contribution in [3.8, 4) is 22.8 Å². The third kappa shape index (κ3) is 5.92. The van der Waals surface area contributed by atoms with Gasteiger partial charge < -0.3 is 10.1 Å². The molecule has 4 rings (SSSR count). The summed E-state index contributed by atoms with van der Waals surface area (Å²) >= 11 is 1.36. The largest absolute Gasteiger partial charge is 0.497 e. The van der Waals surface area contributed by atoms with Crippen LogP contribution in [-0.2, 0) is 10.2 Å². The second kappa shape index (κ2) is 10.4. The van der Waals surface area contributed by atoms with E-state index in [1.807, 2.05) is 41.0 Å². The third-order valence-electron chi connectivity index (χ3n) is 5.64. The molecule has 7 heteroatoms. The SMILES string of the molecule is COc1ccc(NC(=O)CSc2nnc(-c3ccc(C(C)(C)C)cc3)n2-c2ccc(C)cc2)cc1. The Labute approximate surface area is 210 Å². The summed E-state index contributed by atoms with van der Waals surface area (Å²) in [4.78, 5) is 12.6. The average Bonchev–Trinajstić information content (AvgIpc) is 3.27. The monoisotopic (exact) mass is 486 g/mol. The van der Waals surface area contributed by atoms with Gasteiger partial charge in [-0.15, -0.1) is 10.2 Å². The van der Waals surface area contributed by atoms with E-state index in [1.165, 1.54) is 22.9 Å². The maximum Gasteiger partial charge on any atom is 0.234 e. The quantitative estimate of drug-likeness (QED) is 0.311. The number of rotatable bonds is 7. The van der Waals surface area contributed by atoms with Gasteiger partial charge in [-0.25, -0.2) is 0 Å². The van der Waals surface area contributed by atoms with Crippen molar-refractivity contribution >= 4 is 23.4 Å². The Morgan fingerprint density at radius 3 is 2.20 bits per heavy atom. The summed E-state index contributed by atoms with van der Waals surface area (Å²) in [6.45, 7) is 8.65. The molecule has 0 saturated carbocycles. The highest BCUT2D eigenvalue weighted by atomic mass is 32.2. The Hall–Kier alpha value is -3.58. The van der Waals surface area contributed by atoms with Crippen LogP contribution < -0.4 is 10.1 Å². The summed E-state index contributed by atoms with van der Waals surface area (Å²) in [5.41, 5.74) is 5.14. The van der Waals surface area contributed by atoms with Gasteiger partial charge in [0.05, 0.1) is 12.9 Å². The van der Waals surface area contributed by atoms with Crippen molar-refractivity contribution in [1.82, 2.24) is 14.8 Å². The molecule has 1 heterocycles. The topological polar surface area (TPSA) is 69.0 Å². The minimum Gasteiger partial charge on any atom is -0.497 e. The van der Waals surface area contributed by atoms with E-state index >= 15 is 0 Å². The standard InChI is InChI=1S/C28H30N4O2S/c1-19-6-14-23(15-7-19)32-26(20-8-10-21(11-9-20)28(2,3)4)30-31-27(32)35-18-25(33)29-22-12-16-24(34-5)17-13-22/h6-17H,18H2,1-5H3,(H,29,33). The number of carbonyl (C=O) groups excluding carboxylic acids is 1. The Morgan fingerprint density at radius 2 is 1.60 bits per heavy atom. The van der Waals surface area contributed by atoms with E-state index in [0.717, 1.165) is 28.5 Å². The van der Waals surface area contributed by atoms with Crippen LogP contribution in [0.5, 0.6) is 5.75 Å². The molecule has 0 atom stereocenters. The number of hydrogen-bond donors (Lipinski definition) is 1. The summed E-state index contributed by atoms with van der Waals surface area (Å²) in [7, 11) is 1.61. The van der Waals surface area contributed by atoms with Crippen molar-refractivity contribution in [1.29, 1.82) is 0 Å². The number of ether oxygens (including phenoxy) is 1. The number of aromatic nitrogens is 3. The minimum absolute atomic E-state index is 0.0709. The van der Waals surface area contributed by atoms with Crippen molar-refractivity contribution in [3.05, 3.63) is 83.9 Å². The van der Waals surface area contributed by atoms with Crippen molar-refractivity contribution in [3.63, 3.8) is 0 Å². The van der Waals surface area contributed by atoms with E-state index in [0.29, 0.717) is 5.16 Å². The second-order valence-corrected chi connectivity index (χ2v) is 10.3. The Balaban J connectivity index is 1.58. The molecule has 6 nitrogen and oxygen atoms in total. The molecular formula is C28H30N4O2S. The van der Waals surface area contributed by atoms with Crippen LogP contribution in [0.4, 0.5) is 5.69 Å². The van der Waals surface area contributed by atoms with Gasteiger partial charge in [0.15, 0.2) is 11.0 Å². The normalized spacial score (nSPS) is 11.3. The van der Waals surface area contributed by atoms with E-state index in [-0.39, 0.29) is 17.1 Å². The number of amides is 1. The molecule has 0 aliphatic rings. The Bertz CT molecular complexity index is 1290. The number of nitrogens with one attached hydrogen (secondary N) is 1. The summed E-state index contributed by atoms with van der Waals surface area (Å²) in [5, 5.41) is 12.5. The molecule has 180 valence electrons. The zero-order valence-corrected chi connectivity index (χ0v) is 21.5. The third-order valence-corrected chi connectivity index (χ3v) is 6.57. The average molecular weight is 487 g/mol. The van der Waals surface area contributed by atoms with Gasteiger partial charge in [-0.1, -0.05) is 74.5 Å². The molecule has 0 spiro atoms. The molecule has 0 unspecified atom stereocenters. The molecule has 0 fully saturated rings. The molecule has 0 radical (unpaired) electrons. The lowest BCUT2D eigenvalue weighted by Crippen LogP contribution is -2.14. The smallest absolute Gasteiger partial charge is 0.234 e. The van der Waals surface area contributed by atoms with Crippen molar-refractivity contribution in [2.75, 3.05) is 18.2 Å². The second-order valence-electron chi connectivity index (χ2n) is 9.37. The molecular weight excluding hydrogens is 456 g/mol. The van der Waals surface area contributed by atoms with Gasteiger partial charge >= 0.3 is 0 Å². The van der Waals surface area contributed by atoms with Crippen molar-refractivity contribution in [2.45, 2.75) is 38.3 Å². The molecule has 0 aliphatic carbocycles. The van der Waals surface area contributed by atoms with E-state index in [9.17, 15) is 4.79 Å². The molecule has 0 bridgehead atoms. The Kier molecular flexibility index (Phi) is 7.26. The molecule has 3 aromatic carbocycles. The predicted molar refractivity (Wildman–Crippen MR) is 143 cm³/mol. The highest BCUT2D eigenvalue weighted by molar-refractivity contribution is 7.99. The van der Waals surface area contributed by atoms with Crippen LogP contribution in [0.25, 0.3) is 17.1 Å². The summed E-state index contributed by atoms with van der Waals surface area (Å²) in [5.74, 6) is 1.58. The first kappa shape index (κ1) is 24.5. The zero-order valence-electron chi connectivity index (χ0n) is 20.7. The number of nitrogens with zero attached hydrogens (tertiary/aromatic N) is 3. The van der Waals surface area contributed by atoms with Crippen molar-refractivity contribution in [2.24, 2.45) is 0 Å². The fraction of sp³-hybridized carbons (Fsp3) is 0.250. The maximum absolute atomic E-state index is 12.6. The maximum atomic E-state index is 12.6. The van der Waals surface area contributed by atoms with E-state index in [2.05, 4.69) is 79.6 Å². The zero-order chi connectivity index (χ0) is 25.0. The number of benzene rings is 3. The lowest BCUT2D eigenvalue weighted by molar-refractivity contribution is -0.113. The van der Waals surface area contributed by atoms with Gasteiger partial charge in [0.25, 0.3) is 0 Å². The van der Waals surface area contributed by atoms with Crippen molar-refractivity contribution < 1.29 is 9.53 Å². The van der Waals surface area contributed by atoms with E-state index in [1.54, 1.807) is 7.11 Å². The van der Waals surface area contributed by atoms with Gasteiger partial charge in [0, 0.05) is 16.9 Å². The molecule has 4 aromatic rings. The van der Waals surface area contributed by atoms with Crippen LogP contribution >= 0.6 is 11.8 Å². The number of thioether (sulfide) groups is 1. The van der Waals surface area contributed by atoms with Crippen LogP contribution in [0.15, 0.2) is 78.0 Å². The van der Waals surface area contributed by atoms with Gasteiger partial charge in [0.1, 0.15) is 5.75 Å². The number of methoxy groups -OCH3 is 1. The van der Waals surface area contributed by atoms with Gasteiger partial charge in [-0.3, -0.25) is 9.36 Å². The van der Waals surface area contributed by atoms with Crippen LogP contribution in [0, 0.1) is 6.92 Å². The molecule has 0 saturated heterocycles. The fourth-order valence-corrected chi connectivity index (χ4v) is 4.35. The first-order valence-electron chi connectivity index (χ1n) is 11.4. The highest BCUT2D eigenvalue weighted by Crippen LogP contribution is 2.30. The number of carbonyl (C=O) groups is 1. The molecule has 1 N–H and O–H groups in total. The van der Waals surface area contributed by atoms with Crippen LogP contribution in [0.2, 0.25) is 0 Å². The van der Waals surface area contributed by atoms with E-state index < -0.39 is 0 Å². The summed E-state index contributed by atoms with van der Waals surface area (Å²) < 4.78 is 7.18. The lowest BCUT2D eigenvalue weighted by Gasteiger charge is -2.19. The van der Waals surface area contributed by atoms with Gasteiger partial charge in [-0.2, -0.15) is 0 Å². The minimum atomic E-state index is -0.116. The highest BCUT2D eigenvalue weighted by Gasteiger charge is 2.19. The summed E-state index contributed by atoms with van der Waals surface area (Å²) in [6.07, 6.45) is 0. The first-order chi connectivity index (χ1) is 16.7. The molecule has 0 aliphatic heterocycles. The van der Waals surface area contributed by atoms with Gasteiger partial charge in [-0.05, 0) is 54.3 Å². The lowest BCUT2D eigenvalue weighted by atomic mass is 9.87. The number of hydrogen-bond acceptors (Lipinski definition) is 5. The fourth-order valence-electron chi connectivity index (χ4n) is 3.60. The predicted octanol–water partition coefficient (Wildman–Crippen LogP) is 6.28. The first-order valence-corrected chi connectivity index (χ1v) is 12.4. The van der Waals surface area contributed by atoms with Crippen LogP contribution in [0.1, 0.15) is 31.9 Å². The van der Waals surface area contributed by atoms with Crippen LogP contribution in [-0.4, -0.2) is 33.5 Å². The summed E-state index contributed by atoms with van der Waals surface area (Å²) in [6, 6.07) is 23.9. The molecule has 1 aromatic heterocycles. The van der Waals surface area contributed by atoms with Gasteiger partial charge in [0.2, 0.25) is 5.91 Å². The molecule has 35 heavy (non-hydrogen) atoms. The number of aryl methyl sites for hydroxylation is 1. The Morgan fingerprint density at radius 1 is 0.943 bits per heavy atom. The molecule has 1 amide bonds.